The van der Waals surface area contributed by atoms with Gasteiger partial charge in [-0.2, -0.15) is 5.10 Å². The first-order chi connectivity index (χ1) is 13.5. The van der Waals surface area contributed by atoms with Crippen LogP contribution in [-0.4, -0.2) is 58.0 Å². The molecule has 7 heteroatoms. The third-order valence-electron chi connectivity index (χ3n) is 6.51. The number of rotatable bonds is 3. The molecule has 0 radical (unpaired) electrons. The molecule has 2 aromatic rings. The maximum atomic E-state index is 13.1. The van der Waals surface area contributed by atoms with Crippen molar-refractivity contribution in [2.75, 3.05) is 26.2 Å². The van der Waals surface area contributed by atoms with Crippen LogP contribution in [-0.2, 0) is 11.2 Å². The number of aliphatic hydroxyl groups excluding tert-OH is 1. The van der Waals surface area contributed by atoms with Crippen molar-refractivity contribution in [1.82, 2.24) is 20.0 Å². The van der Waals surface area contributed by atoms with Crippen molar-refractivity contribution >= 4 is 18.3 Å². The number of para-hydroxylation sites is 1. The summed E-state index contributed by atoms with van der Waals surface area (Å²) in [6, 6.07) is 10.0. The van der Waals surface area contributed by atoms with Crippen molar-refractivity contribution in [3.8, 4) is 5.69 Å². The molecule has 2 N–H and O–H groups in total. The molecule has 1 aromatic carbocycles. The highest BCUT2D eigenvalue weighted by molar-refractivity contribution is 5.85. The number of aromatic nitrogens is 2. The molecule has 0 aliphatic carbocycles. The molecule has 2 fully saturated rings. The van der Waals surface area contributed by atoms with E-state index >= 15 is 0 Å². The van der Waals surface area contributed by atoms with Gasteiger partial charge < -0.3 is 15.3 Å². The Balaban J connectivity index is 0.00000240. The third kappa shape index (κ3) is 4.20. The summed E-state index contributed by atoms with van der Waals surface area (Å²) in [7, 11) is 0. The van der Waals surface area contributed by atoms with Gasteiger partial charge in [0.15, 0.2) is 0 Å². The van der Waals surface area contributed by atoms with Crippen molar-refractivity contribution in [3.05, 3.63) is 47.3 Å². The van der Waals surface area contributed by atoms with Crippen LogP contribution in [0, 0.1) is 19.3 Å². The van der Waals surface area contributed by atoms with E-state index in [1.165, 1.54) is 0 Å². The van der Waals surface area contributed by atoms with Crippen LogP contribution >= 0.6 is 12.4 Å². The Labute approximate surface area is 178 Å². The van der Waals surface area contributed by atoms with E-state index < -0.39 is 0 Å². The number of piperidine rings is 2. The smallest absolute Gasteiger partial charge is 0.227 e. The van der Waals surface area contributed by atoms with Crippen LogP contribution in [0.5, 0.6) is 0 Å². The van der Waals surface area contributed by atoms with Gasteiger partial charge in [-0.3, -0.25) is 4.79 Å². The molecule has 0 saturated carbocycles. The number of nitrogens with zero attached hydrogens (tertiary/aromatic N) is 3. The molecule has 2 saturated heterocycles. The molecule has 0 unspecified atom stereocenters. The zero-order valence-corrected chi connectivity index (χ0v) is 18.0. The fourth-order valence-corrected chi connectivity index (χ4v) is 4.80. The number of aliphatic hydroxyl groups is 1. The fraction of sp³-hybridized carbons (Fsp3) is 0.545. The lowest BCUT2D eigenvalue weighted by molar-refractivity contribution is -0.137. The molecule has 29 heavy (non-hydrogen) atoms. The molecular weight excluding hydrogens is 388 g/mol. The summed E-state index contributed by atoms with van der Waals surface area (Å²) in [6.45, 7) is 7.07. The van der Waals surface area contributed by atoms with Crippen LogP contribution in [0.2, 0.25) is 0 Å². The largest absolute Gasteiger partial charge is 0.392 e. The van der Waals surface area contributed by atoms with Gasteiger partial charge in [0.2, 0.25) is 5.91 Å². The van der Waals surface area contributed by atoms with Gasteiger partial charge in [-0.15, -0.1) is 12.4 Å². The minimum atomic E-state index is -0.325. The topological polar surface area (TPSA) is 70.4 Å². The molecule has 158 valence electrons. The van der Waals surface area contributed by atoms with Gasteiger partial charge in [0, 0.05) is 36.3 Å². The lowest BCUT2D eigenvalue weighted by atomic mass is 9.72. The van der Waals surface area contributed by atoms with E-state index in [0.717, 1.165) is 61.5 Å². The maximum absolute atomic E-state index is 13.1. The molecule has 2 atom stereocenters. The van der Waals surface area contributed by atoms with Gasteiger partial charge in [0.1, 0.15) is 0 Å². The molecule has 4 rings (SSSR count). The van der Waals surface area contributed by atoms with Crippen molar-refractivity contribution < 1.29 is 9.90 Å². The second-order valence-electron chi connectivity index (χ2n) is 8.34. The van der Waals surface area contributed by atoms with Crippen LogP contribution in [0.15, 0.2) is 30.3 Å². The number of carbonyl (C=O) groups excluding carboxylic acids is 1. The van der Waals surface area contributed by atoms with E-state index in [2.05, 4.69) is 10.4 Å². The van der Waals surface area contributed by atoms with Gasteiger partial charge in [-0.05, 0) is 51.8 Å². The third-order valence-corrected chi connectivity index (χ3v) is 6.51. The van der Waals surface area contributed by atoms with Crippen LogP contribution in [0.25, 0.3) is 5.69 Å². The first kappa shape index (κ1) is 21.8. The van der Waals surface area contributed by atoms with Crippen molar-refractivity contribution in [3.63, 3.8) is 0 Å². The number of likely N-dealkylation sites (tertiary alicyclic amines) is 1. The zero-order valence-electron chi connectivity index (χ0n) is 17.2. The molecule has 3 heterocycles. The van der Waals surface area contributed by atoms with Crippen LogP contribution in [0.3, 0.4) is 0 Å². The maximum Gasteiger partial charge on any atom is 0.227 e. The second-order valence-corrected chi connectivity index (χ2v) is 8.34. The average Bonchev–Trinajstić information content (AvgIpc) is 2.99. The predicted octanol–water partition coefficient (Wildman–Crippen LogP) is 2.42. The highest BCUT2D eigenvalue weighted by Gasteiger charge is 2.44. The second kappa shape index (κ2) is 8.86. The summed E-state index contributed by atoms with van der Waals surface area (Å²) in [5, 5.41) is 18.7. The van der Waals surface area contributed by atoms with Crippen LogP contribution in [0.4, 0.5) is 0 Å². The lowest BCUT2D eigenvalue weighted by Gasteiger charge is -2.48. The number of hydrogen-bond acceptors (Lipinski definition) is 4. The highest BCUT2D eigenvalue weighted by Crippen LogP contribution is 2.36. The first-order valence-electron chi connectivity index (χ1n) is 10.3. The number of amides is 1. The molecule has 2 aliphatic rings. The lowest BCUT2D eigenvalue weighted by Crippen LogP contribution is -2.59. The summed E-state index contributed by atoms with van der Waals surface area (Å²) >= 11 is 0. The van der Waals surface area contributed by atoms with E-state index in [4.69, 9.17) is 0 Å². The summed E-state index contributed by atoms with van der Waals surface area (Å²) in [6.07, 6.45) is 2.74. The summed E-state index contributed by atoms with van der Waals surface area (Å²) in [4.78, 5) is 15.1. The van der Waals surface area contributed by atoms with Crippen molar-refractivity contribution in [1.29, 1.82) is 0 Å². The molecule has 1 amide bonds. The Hall–Kier alpha value is -1.89. The Kier molecular flexibility index (Phi) is 6.66. The quantitative estimate of drug-likeness (QED) is 0.803. The number of nitrogens with one attached hydrogen (secondary N) is 1. The highest BCUT2D eigenvalue weighted by atomic mass is 35.5. The Morgan fingerprint density at radius 3 is 2.79 bits per heavy atom. The van der Waals surface area contributed by atoms with E-state index in [1.807, 2.05) is 53.8 Å². The van der Waals surface area contributed by atoms with E-state index in [1.54, 1.807) is 0 Å². The number of aryl methyl sites for hydroxylation is 1. The van der Waals surface area contributed by atoms with E-state index in [9.17, 15) is 9.90 Å². The molecule has 1 spiro atoms. The van der Waals surface area contributed by atoms with Crippen molar-refractivity contribution in [2.45, 2.75) is 45.6 Å². The van der Waals surface area contributed by atoms with E-state index in [0.29, 0.717) is 13.0 Å². The van der Waals surface area contributed by atoms with E-state index in [-0.39, 0.29) is 29.8 Å². The van der Waals surface area contributed by atoms with Gasteiger partial charge in [0.05, 0.1) is 23.9 Å². The summed E-state index contributed by atoms with van der Waals surface area (Å²) < 4.78 is 1.92. The fourth-order valence-electron chi connectivity index (χ4n) is 4.80. The van der Waals surface area contributed by atoms with Crippen LogP contribution < -0.4 is 5.32 Å². The van der Waals surface area contributed by atoms with Gasteiger partial charge >= 0.3 is 0 Å². The molecular formula is C22H31ClN4O2. The first-order valence-corrected chi connectivity index (χ1v) is 10.3. The zero-order chi connectivity index (χ0) is 19.7. The molecule has 0 bridgehead atoms. The number of halogens is 1. The Bertz CT molecular complexity index is 850. The normalized spacial score (nSPS) is 24.4. The minimum Gasteiger partial charge on any atom is -0.392 e. The average molecular weight is 419 g/mol. The van der Waals surface area contributed by atoms with Gasteiger partial charge in [-0.1, -0.05) is 18.2 Å². The Morgan fingerprint density at radius 1 is 1.31 bits per heavy atom. The number of benzene rings is 1. The van der Waals surface area contributed by atoms with Gasteiger partial charge in [0.25, 0.3) is 0 Å². The monoisotopic (exact) mass is 418 g/mol. The molecule has 1 aromatic heterocycles. The summed E-state index contributed by atoms with van der Waals surface area (Å²) in [5.74, 6) is 0.135. The summed E-state index contributed by atoms with van der Waals surface area (Å²) in [5.41, 5.74) is 3.75. The molecule has 2 aliphatic heterocycles. The number of hydrogen-bond donors (Lipinski definition) is 2. The number of carbonyl (C=O) groups is 1. The minimum absolute atomic E-state index is 0. The predicted molar refractivity (Wildman–Crippen MR) is 116 cm³/mol. The Morgan fingerprint density at radius 2 is 2.07 bits per heavy atom. The van der Waals surface area contributed by atoms with Crippen molar-refractivity contribution in [2.24, 2.45) is 5.41 Å². The molecule has 6 nitrogen and oxygen atoms in total. The SMILES string of the molecule is Cc1nn(-c2ccccc2)c(C)c1CC(=O)N1CCC[C@]2(CNCC[C@@H]2O)C1.Cl. The standard InChI is InChI=1S/C22H30N4O2.ClH/c1-16-19(17(2)26(24-16)18-7-4-3-5-8-18)13-21(28)25-12-6-10-22(15-25)14-23-11-9-20(22)27;/h3-5,7-8,20,23,27H,6,9-15H2,1-2H3;1H/t20-,22-;/m0./s1. The van der Waals surface area contributed by atoms with Crippen LogP contribution in [0.1, 0.15) is 36.2 Å². The van der Waals surface area contributed by atoms with Gasteiger partial charge in [-0.25, -0.2) is 4.68 Å².